The van der Waals surface area contributed by atoms with Gasteiger partial charge in [-0.15, -0.1) is 0 Å². The predicted molar refractivity (Wildman–Crippen MR) is 78.9 cm³/mol. The van der Waals surface area contributed by atoms with E-state index in [0.717, 1.165) is 6.26 Å². The predicted octanol–water partition coefficient (Wildman–Crippen LogP) is 2.01. The Hall–Kier alpha value is -1.76. The molecule has 0 aliphatic heterocycles. The van der Waals surface area contributed by atoms with Crippen molar-refractivity contribution in [3.8, 4) is 0 Å². The molecule has 0 bridgehead atoms. The van der Waals surface area contributed by atoms with Gasteiger partial charge in [-0.05, 0) is 18.6 Å². The van der Waals surface area contributed by atoms with Gasteiger partial charge in [0.05, 0.1) is 6.26 Å². The lowest BCUT2D eigenvalue weighted by molar-refractivity contribution is -0.0524. The first-order chi connectivity index (χ1) is 9.81. The Balaban J connectivity index is 2.49. The van der Waals surface area contributed by atoms with Crippen LogP contribution in [0.4, 0.5) is 0 Å². The van der Waals surface area contributed by atoms with Crippen molar-refractivity contribution in [3.63, 3.8) is 0 Å². The Bertz CT molecular complexity index is 684. The summed E-state index contributed by atoms with van der Waals surface area (Å²) in [5, 5.41) is 10.8. The van der Waals surface area contributed by atoms with Crippen LogP contribution in [0.3, 0.4) is 0 Å². The van der Waals surface area contributed by atoms with Gasteiger partial charge in [0.25, 0.3) is 10.1 Å². The van der Waals surface area contributed by atoms with Gasteiger partial charge in [-0.25, -0.2) is 0 Å². The number of rotatable bonds is 5. The Morgan fingerprint density at radius 1 is 1.19 bits per heavy atom. The topological polar surface area (TPSA) is 76.5 Å². The molecule has 0 radical (unpaired) electrons. The van der Waals surface area contributed by atoms with E-state index in [4.69, 9.17) is 4.18 Å². The zero-order chi connectivity index (χ0) is 15.5. The maximum atomic E-state index is 11.5. The van der Waals surface area contributed by atoms with Crippen molar-refractivity contribution in [2.45, 2.75) is 18.6 Å². The smallest absolute Gasteiger partial charge is 0.265 e. The van der Waals surface area contributed by atoms with E-state index in [-0.39, 0.29) is 0 Å². The van der Waals surface area contributed by atoms with E-state index in [1.54, 1.807) is 48.7 Å². The largest absolute Gasteiger partial charge is 0.382 e. The lowest BCUT2D eigenvalue weighted by Gasteiger charge is -2.32. The molecule has 2 unspecified atom stereocenters. The van der Waals surface area contributed by atoms with Gasteiger partial charge in [0.1, 0.15) is 11.7 Å². The van der Waals surface area contributed by atoms with Crippen LogP contribution in [0.25, 0.3) is 0 Å². The van der Waals surface area contributed by atoms with Gasteiger partial charge in [-0.3, -0.25) is 9.17 Å². The number of aromatic nitrogens is 1. The molecule has 5 nitrogen and oxygen atoms in total. The van der Waals surface area contributed by atoms with Crippen LogP contribution >= 0.6 is 0 Å². The van der Waals surface area contributed by atoms with E-state index in [1.165, 1.54) is 13.1 Å². The minimum atomic E-state index is -3.74. The summed E-state index contributed by atoms with van der Waals surface area (Å²) in [5.74, 6) is 0. The summed E-state index contributed by atoms with van der Waals surface area (Å²) in [6.07, 6.45) is 2.97. The third kappa shape index (κ3) is 3.87. The summed E-state index contributed by atoms with van der Waals surface area (Å²) in [4.78, 5) is 3.96. The summed E-state index contributed by atoms with van der Waals surface area (Å²) < 4.78 is 28.2. The Kier molecular flexibility index (Phi) is 4.41. The van der Waals surface area contributed by atoms with E-state index in [9.17, 15) is 13.5 Å². The molecule has 1 aromatic heterocycles. The Morgan fingerprint density at radius 3 is 2.38 bits per heavy atom. The van der Waals surface area contributed by atoms with E-state index in [1.807, 2.05) is 0 Å². The molecule has 0 amide bonds. The molecule has 0 fully saturated rings. The Labute approximate surface area is 124 Å². The van der Waals surface area contributed by atoms with Crippen molar-refractivity contribution >= 4 is 10.1 Å². The molecule has 0 saturated heterocycles. The van der Waals surface area contributed by atoms with Crippen LogP contribution in [-0.4, -0.2) is 24.8 Å². The molecular formula is C15H17NO4S. The second kappa shape index (κ2) is 5.93. The molecule has 1 heterocycles. The van der Waals surface area contributed by atoms with Gasteiger partial charge in [-0.2, -0.15) is 8.42 Å². The molecule has 1 N–H and O–H groups in total. The van der Waals surface area contributed by atoms with Crippen LogP contribution in [0, 0.1) is 0 Å². The van der Waals surface area contributed by atoms with Crippen molar-refractivity contribution in [1.29, 1.82) is 0 Å². The zero-order valence-electron chi connectivity index (χ0n) is 11.8. The standard InChI is InChI=1S/C15H17NO4S/c1-15(17,13-9-6-10-16-11-13)14(20-21(2,18)19)12-7-4-3-5-8-12/h3-11,14,17H,1-2H3. The molecule has 1 aromatic carbocycles. The fourth-order valence-corrected chi connectivity index (χ4v) is 2.74. The van der Waals surface area contributed by atoms with Crippen molar-refractivity contribution < 1.29 is 17.7 Å². The van der Waals surface area contributed by atoms with Crippen LogP contribution in [0.15, 0.2) is 54.9 Å². The summed E-state index contributed by atoms with van der Waals surface area (Å²) in [5.41, 5.74) is -0.502. The minimum absolute atomic E-state index is 0.475. The second-order valence-electron chi connectivity index (χ2n) is 4.98. The molecule has 0 aliphatic rings. The van der Waals surface area contributed by atoms with Gasteiger partial charge >= 0.3 is 0 Å². The minimum Gasteiger partial charge on any atom is -0.382 e. The van der Waals surface area contributed by atoms with Crippen LogP contribution in [0.1, 0.15) is 24.2 Å². The summed E-state index contributed by atoms with van der Waals surface area (Å²) in [7, 11) is -3.74. The van der Waals surface area contributed by atoms with Crippen molar-refractivity contribution in [3.05, 3.63) is 66.0 Å². The highest BCUT2D eigenvalue weighted by atomic mass is 32.2. The lowest BCUT2D eigenvalue weighted by atomic mass is 9.87. The summed E-state index contributed by atoms with van der Waals surface area (Å²) in [6.45, 7) is 1.51. The van der Waals surface area contributed by atoms with Gasteiger partial charge < -0.3 is 5.11 Å². The highest BCUT2D eigenvalue weighted by Crippen LogP contribution is 2.38. The number of aliphatic hydroxyl groups is 1. The molecule has 2 aromatic rings. The molecule has 2 rings (SSSR count). The molecule has 6 heteroatoms. The van der Waals surface area contributed by atoms with Crippen LogP contribution in [-0.2, 0) is 19.9 Å². The highest BCUT2D eigenvalue weighted by Gasteiger charge is 2.38. The van der Waals surface area contributed by atoms with Crippen LogP contribution < -0.4 is 0 Å². The summed E-state index contributed by atoms with van der Waals surface area (Å²) >= 11 is 0. The van der Waals surface area contributed by atoms with Gasteiger partial charge in [0, 0.05) is 18.0 Å². The SMILES string of the molecule is CC(O)(c1cccnc1)C(OS(C)(=O)=O)c1ccccc1. The van der Waals surface area contributed by atoms with Crippen molar-refractivity contribution in [2.75, 3.05) is 6.26 Å². The fraction of sp³-hybridized carbons (Fsp3) is 0.267. The maximum Gasteiger partial charge on any atom is 0.265 e. The number of benzene rings is 1. The van der Waals surface area contributed by atoms with E-state index < -0.39 is 21.8 Å². The van der Waals surface area contributed by atoms with Crippen molar-refractivity contribution in [2.24, 2.45) is 0 Å². The first-order valence-electron chi connectivity index (χ1n) is 6.37. The molecule has 2 atom stereocenters. The first kappa shape index (κ1) is 15.6. The quantitative estimate of drug-likeness (QED) is 0.855. The van der Waals surface area contributed by atoms with E-state index >= 15 is 0 Å². The highest BCUT2D eigenvalue weighted by molar-refractivity contribution is 7.86. The molecule has 21 heavy (non-hydrogen) atoms. The van der Waals surface area contributed by atoms with Crippen LogP contribution in [0.2, 0.25) is 0 Å². The summed E-state index contributed by atoms with van der Waals surface area (Å²) in [6, 6.07) is 12.1. The number of nitrogens with zero attached hydrogens (tertiary/aromatic N) is 1. The molecule has 0 saturated carbocycles. The van der Waals surface area contributed by atoms with Crippen LogP contribution in [0.5, 0.6) is 0 Å². The zero-order valence-corrected chi connectivity index (χ0v) is 12.6. The Morgan fingerprint density at radius 2 is 1.86 bits per heavy atom. The third-order valence-electron chi connectivity index (χ3n) is 3.13. The van der Waals surface area contributed by atoms with Crippen molar-refractivity contribution in [1.82, 2.24) is 4.98 Å². The number of hydrogen-bond donors (Lipinski definition) is 1. The lowest BCUT2D eigenvalue weighted by Crippen LogP contribution is -2.33. The van der Waals surface area contributed by atoms with E-state index in [2.05, 4.69) is 4.98 Å². The molecule has 112 valence electrons. The van der Waals surface area contributed by atoms with Gasteiger partial charge in [-0.1, -0.05) is 36.4 Å². The second-order valence-corrected chi connectivity index (χ2v) is 6.58. The van der Waals surface area contributed by atoms with E-state index in [0.29, 0.717) is 11.1 Å². The monoisotopic (exact) mass is 307 g/mol. The van der Waals surface area contributed by atoms with Gasteiger partial charge in [0.15, 0.2) is 0 Å². The third-order valence-corrected chi connectivity index (χ3v) is 3.67. The first-order valence-corrected chi connectivity index (χ1v) is 8.18. The number of hydrogen-bond acceptors (Lipinski definition) is 5. The molecule has 0 aliphatic carbocycles. The average molecular weight is 307 g/mol. The maximum absolute atomic E-state index is 11.5. The molecular weight excluding hydrogens is 290 g/mol. The fourth-order valence-electron chi connectivity index (χ4n) is 2.09. The molecule has 0 spiro atoms. The normalized spacial score (nSPS) is 16.1. The van der Waals surface area contributed by atoms with Gasteiger partial charge in [0.2, 0.25) is 0 Å². The average Bonchev–Trinajstić information content (AvgIpc) is 2.46. The number of pyridine rings is 1.